The zero-order chi connectivity index (χ0) is 16.4. The number of halogens is 1. The van der Waals surface area contributed by atoms with Crippen LogP contribution in [0.5, 0.6) is 0 Å². The fraction of sp³-hybridized carbons (Fsp3) is 0.0556. The molecule has 0 aliphatic carbocycles. The summed E-state index contributed by atoms with van der Waals surface area (Å²) in [5.41, 5.74) is 7.45. The number of benzene rings is 3. The van der Waals surface area contributed by atoms with Gasteiger partial charge in [0.25, 0.3) is 0 Å². The lowest BCUT2D eigenvalue weighted by molar-refractivity contribution is 1.25. The Labute approximate surface area is 144 Å². The number of hydrogen-bond donors (Lipinski definition) is 2. The summed E-state index contributed by atoms with van der Waals surface area (Å²) in [5, 5.41) is 10.7. The van der Waals surface area contributed by atoms with Crippen LogP contribution in [0, 0.1) is 5.41 Å². The molecule has 0 saturated heterocycles. The van der Waals surface area contributed by atoms with Crippen molar-refractivity contribution in [3.63, 3.8) is 0 Å². The van der Waals surface area contributed by atoms with Crippen molar-refractivity contribution in [1.29, 1.82) is 5.41 Å². The van der Waals surface area contributed by atoms with Crippen LogP contribution < -0.4 is 10.6 Å². The largest absolute Gasteiger partial charge is 0.369 e. The molecule has 0 amide bonds. The van der Waals surface area contributed by atoms with Crippen molar-refractivity contribution in [2.24, 2.45) is 5.73 Å². The highest BCUT2D eigenvalue weighted by atomic mass is 35.5. The average Bonchev–Trinajstić information content (AvgIpc) is 2.57. The van der Waals surface area contributed by atoms with Crippen molar-refractivity contribution in [1.82, 2.24) is 0 Å². The van der Waals surface area contributed by atoms with Gasteiger partial charge in [0.2, 0.25) is 0 Å². The van der Waals surface area contributed by atoms with Gasteiger partial charge in [0, 0.05) is 10.3 Å². The maximum absolute atomic E-state index is 8.06. The first kappa shape index (κ1) is 15.7. The van der Waals surface area contributed by atoms with Crippen LogP contribution in [0.2, 0.25) is 5.02 Å². The van der Waals surface area contributed by atoms with E-state index in [1.807, 2.05) is 66.9 Å². The van der Waals surface area contributed by atoms with Crippen LogP contribution in [-0.4, -0.2) is 12.2 Å². The highest BCUT2D eigenvalue weighted by Gasteiger charge is 2.18. The molecule has 0 bridgehead atoms. The monoisotopic (exact) mass is 341 g/mol. The quantitative estimate of drug-likeness (QED) is 0.389. The molecule has 0 saturated carbocycles. The van der Waals surface area contributed by atoms with Gasteiger partial charge < -0.3 is 5.73 Å². The molecule has 0 heterocycles. The van der Waals surface area contributed by atoms with Crippen molar-refractivity contribution >= 4 is 51.5 Å². The third kappa shape index (κ3) is 3.00. The second-order valence-electron chi connectivity index (χ2n) is 5.04. The molecule has 0 spiro atoms. The predicted molar refractivity (Wildman–Crippen MR) is 101 cm³/mol. The van der Waals surface area contributed by atoms with Crippen LogP contribution in [0.15, 0.2) is 65.6 Å². The summed E-state index contributed by atoms with van der Waals surface area (Å²) in [4.78, 5) is 2.75. The van der Waals surface area contributed by atoms with Gasteiger partial charge in [-0.05, 0) is 35.9 Å². The molecule has 0 aromatic heterocycles. The Kier molecular flexibility index (Phi) is 4.46. The summed E-state index contributed by atoms with van der Waals surface area (Å²) in [6.45, 7) is 0. The highest BCUT2D eigenvalue weighted by molar-refractivity contribution is 7.98. The predicted octanol–water partition coefficient (Wildman–Crippen LogP) is 5.25. The van der Waals surface area contributed by atoms with E-state index in [-0.39, 0.29) is 5.96 Å². The zero-order valence-electron chi connectivity index (χ0n) is 12.6. The fourth-order valence-electron chi connectivity index (χ4n) is 2.58. The third-order valence-corrected chi connectivity index (χ3v) is 4.69. The van der Waals surface area contributed by atoms with Crippen molar-refractivity contribution in [2.45, 2.75) is 4.90 Å². The van der Waals surface area contributed by atoms with Gasteiger partial charge in [-0.2, -0.15) is 0 Å². The smallest absolute Gasteiger partial charge is 0.197 e. The van der Waals surface area contributed by atoms with Gasteiger partial charge in [-0.25, -0.2) is 0 Å². The number of nitrogens with zero attached hydrogens (tertiary/aromatic N) is 1. The first-order chi connectivity index (χ1) is 11.1. The van der Waals surface area contributed by atoms with Crippen LogP contribution in [0.3, 0.4) is 0 Å². The van der Waals surface area contributed by atoms with Gasteiger partial charge in [-0.1, -0.05) is 48.0 Å². The van der Waals surface area contributed by atoms with Gasteiger partial charge in [-0.15, -0.1) is 11.8 Å². The van der Waals surface area contributed by atoms with Gasteiger partial charge in [0.05, 0.1) is 16.4 Å². The van der Waals surface area contributed by atoms with Gasteiger partial charge in [0.1, 0.15) is 0 Å². The van der Waals surface area contributed by atoms with E-state index in [2.05, 4.69) is 0 Å². The van der Waals surface area contributed by atoms with Crippen LogP contribution in [0.1, 0.15) is 0 Å². The summed E-state index contributed by atoms with van der Waals surface area (Å²) < 4.78 is 0. The third-order valence-electron chi connectivity index (χ3n) is 3.64. The highest BCUT2D eigenvalue weighted by Crippen LogP contribution is 2.37. The molecule has 5 heteroatoms. The number of fused-ring (bicyclic) bond motifs is 1. The van der Waals surface area contributed by atoms with Crippen LogP contribution in [0.25, 0.3) is 10.8 Å². The number of anilines is 2. The van der Waals surface area contributed by atoms with Gasteiger partial charge in [0.15, 0.2) is 5.96 Å². The Morgan fingerprint density at radius 1 is 1.04 bits per heavy atom. The first-order valence-corrected chi connectivity index (χ1v) is 8.67. The molecular formula is C18H16ClN3S. The van der Waals surface area contributed by atoms with E-state index in [1.165, 1.54) is 0 Å². The minimum atomic E-state index is -0.0680. The molecule has 3 aromatic rings. The van der Waals surface area contributed by atoms with E-state index in [0.717, 1.165) is 21.4 Å². The average molecular weight is 342 g/mol. The zero-order valence-corrected chi connectivity index (χ0v) is 14.2. The Balaban J connectivity index is 2.25. The second kappa shape index (κ2) is 6.52. The van der Waals surface area contributed by atoms with E-state index in [0.29, 0.717) is 10.7 Å². The second-order valence-corrected chi connectivity index (χ2v) is 6.32. The molecule has 0 fully saturated rings. The summed E-state index contributed by atoms with van der Waals surface area (Å²) in [6, 6.07) is 19.7. The maximum Gasteiger partial charge on any atom is 0.197 e. The molecule has 3 aromatic carbocycles. The Morgan fingerprint density at radius 3 is 2.52 bits per heavy atom. The number of nitrogens with one attached hydrogen (secondary N) is 1. The fourth-order valence-corrected chi connectivity index (χ4v) is 3.22. The lowest BCUT2D eigenvalue weighted by Crippen LogP contribution is -2.32. The van der Waals surface area contributed by atoms with Gasteiger partial charge >= 0.3 is 0 Å². The van der Waals surface area contributed by atoms with E-state index < -0.39 is 0 Å². The summed E-state index contributed by atoms with van der Waals surface area (Å²) in [6.07, 6.45) is 2.00. The molecule has 0 radical (unpaired) electrons. The summed E-state index contributed by atoms with van der Waals surface area (Å²) in [5.74, 6) is -0.0680. The number of rotatable bonds is 3. The first-order valence-electron chi connectivity index (χ1n) is 7.07. The minimum Gasteiger partial charge on any atom is -0.369 e. The van der Waals surface area contributed by atoms with Crippen LogP contribution >= 0.6 is 23.4 Å². The molecule has 0 aliphatic rings. The van der Waals surface area contributed by atoms with E-state index in [9.17, 15) is 0 Å². The summed E-state index contributed by atoms with van der Waals surface area (Å²) >= 11 is 8.01. The van der Waals surface area contributed by atoms with Crippen molar-refractivity contribution in [3.8, 4) is 0 Å². The Hall–Kier alpha value is -2.17. The lowest BCUT2D eigenvalue weighted by atomic mass is 10.1. The normalized spacial score (nSPS) is 10.7. The SMILES string of the molecule is CSc1ccc(Cl)c(N(C(=N)N)c2cccc3ccccc23)c1. The number of hydrogen-bond acceptors (Lipinski definition) is 2. The number of thioether (sulfide) groups is 1. The Bertz CT molecular complexity index is 874. The molecule has 0 atom stereocenters. The van der Waals surface area contributed by atoms with Crippen LogP contribution in [0.4, 0.5) is 11.4 Å². The maximum atomic E-state index is 8.06. The molecule has 3 nitrogen and oxygen atoms in total. The van der Waals surface area contributed by atoms with E-state index in [4.69, 9.17) is 22.7 Å². The van der Waals surface area contributed by atoms with Crippen molar-refractivity contribution < 1.29 is 0 Å². The Morgan fingerprint density at radius 2 is 1.78 bits per heavy atom. The van der Waals surface area contributed by atoms with Crippen molar-refractivity contribution in [3.05, 3.63) is 65.7 Å². The minimum absolute atomic E-state index is 0.0680. The number of nitrogens with two attached hydrogens (primary N) is 1. The topological polar surface area (TPSA) is 53.1 Å². The summed E-state index contributed by atoms with van der Waals surface area (Å²) in [7, 11) is 0. The standard InChI is InChI=1S/C18H16ClN3S/c1-23-13-9-10-15(19)17(11-13)22(18(20)21)16-8-4-6-12-5-2-3-7-14(12)16/h2-11H,1H3,(H3,20,21). The van der Waals surface area contributed by atoms with E-state index in [1.54, 1.807) is 16.7 Å². The molecule has 0 unspecified atom stereocenters. The molecule has 116 valence electrons. The van der Waals surface area contributed by atoms with E-state index >= 15 is 0 Å². The van der Waals surface area contributed by atoms with Crippen molar-refractivity contribution in [2.75, 3.05) is 11.2 Å². The molecule has 23 heavy (non-hydrogen) atoms. The number of guanidine groups is 1. The van der Waals surface area contributed by atoms with Crippen LogP contribution in [-0.2, 0) is 0 Å². The molecular weight excluding hydrogens is 326 g/mol. The molecule has 3 N–H and O–H groups in total. The molecule has 3 rings (SSSR count). The lowest BCUT2D eigenvalue weighted by Gasteiger charge is -2.25. The molecule has 0 aliphatic heterocycles. The van der Waals surface area contributed by atoms with Gasteiger partial charge in [-0.3, -0.25) is 10.3 Å².